The third-order valence-electron chi connectivity index (χ3n) is 5.11. The van der Waals surface area contributed by atoms with Crippen LogP contribution in [-0.4, -0.2) is 42.9 Å². The van der Waals surface area contributed by atoms with Crippen LogP contribution in [0.25, 0.3) is 0 Å². The lowest BCUT2D eigenvalue weighted by molar-refractivity contribution is -0.198. The molecule has 2 bridgehead atoms. The van der Waals surface area contributed by atoms with Gasteiger partial charge in [0.2, 0.25) is 0 Å². The van der Waals surface area contributed by atoms with Crippen LogP contribution in [0, 0.1) is 11.8 Å². The first-order chi connectivity index (χ1) is 7.86. The van der Waals surface area contributed by atoms with Crippen molar-refractivity contribution in [2.75, 3.05) is 26.2 Å². The minimum atomic E-state index is 0.0437. The van der Waals surface area contributed by atoms with Gasteiger partial charge in [0.05, 0.1) is 6.61 Å². The van der Waals surface area contributed by atoms with Crippen LogP contribution in [0.1, 0.15) is 32.1 Å². The second-order valence-corrected chi connectivity index (χ2v) is 6.17. The molecule has 5 fully saturated rings. The number of nitrogens with one attached hydrogen (secondary N) is 1. The standard InChI is InChI=1S/C13H22N2O/c1-2-10(1)12-5-8-16-13(14-12)9-15-6-3-11(13)4-7-15/h10-12,14H,1-9H2. The lowest BCUT2D eigenvalue weighted by Crippen LogP contribution is -2.71. The summed E-state index contributed by atoms with van der Waals surface area (Å²) in [7, 11) is 0. The zero-order valence-electron chi connectivity index (χ0n) is 9.95. The van der Waals surface area contributed by atoms with Crippen molar-refractivity contribution in [3.63, 3.8) is 0 Å². The molecule has 0 aromatic carbocycles. The van der Waals surface area contributed by atoms with Gasteiger partial charge in [-0.2, -0.15) is 0 Å². The van der Waals surface area contributed by atoms with Gasteiger partial charge in [-0.1, -0.05) is 0 Å². The molecule has 0 radical (unpaired) electrons. The number of hydrogen-bond donors (Lipinski definition) is 1. The lowest BCUT2D eigenvalue weighted by Gasteiger charge is -2.56. The quantitative estimate of drug-likeness (QED) is 0.721. The van der Waals surface area contributed by atoms with Crippen LogP contribution in [0.2, 0.25) is 0 Å². The van der Waals surface area contributed by atoms with E-state index in [1.54, 1.807) is 0 Å². The highest BCUT2D eigenvalue weighted by Gasteiger charge is 2.51. The fourth-order valence-corrected chi connectivity index (χ4v) is 3.99. The van der Waals surface area contributed by atoms with Gasteiger partial charge in [0.25, 0.3) is 0 Å². The predicted octanol–water partition coefficient (Wildman–Crippen LogP) is 1.20. The number of ether oxygens (including phenoxy) is 1. The topological polar surface area (TPSA) is 24.5 Å². The van der Waals surface area contributed by atoms with Crippen molar-refractivity contribution >= 4 is 0 Å². The average molecular weight is 222 g/mol. The third-order valence-corrected chi connectivity index (χ3v) is 5.11. The Morgan fingerprint density at radius 1 is 1.06 bits per heavy atom. The molecule has 3 heteroatoms. The Balaban J connectivity index is 1.55. The van der Waals surface area contributed by atoms with E-state index >= 15 is 0 Å². The van der Waals surface area contributed by atoms with Gasteiger partial charge in [0.1, 0.15) is 5.72 Å². The zero-order chi connectivity index (χ0) is 10.6. The summed E-state index contributed by atoms with van der Waals surface area (Å²) in [4.78, 5) is 2.59. The molecule has 1 aliphatic carbocycles. The molecule has 4 saturated heterocycles. The summed E-state index contributed by atoms with van der Waals surface area (Å²) in [5.41, 5.74) is 0.0437. The first kappa shape index (κ1) is 9.86. The van der Waals surface area contributed by atoms with Crippen LogP contribution in [0.15, 0.2) is 0 Å². The molecule has 3 nitrogen and oxygen atoms in total. The van der Waals surface area contributed by atoms with Gasteiger partial charge in [-0.05, 0) is 51.1 Å². The number of nitrogens with zero attached hydrogens (tertiary/aromatic N) is 1. The SMILES string of the molecule is C1CC(C2CC2)NC2(CN3CCC2CC3)O1. The fraction of sp³-hybridized carbons (Fsp3) is 1.00. The van der Waals surface area contributed by atoms with Crippen LogP contribution in [0.4, 0.5) is 0 Å². The Morgan fingerprint density at radius 2 is 1.88 bits per heavy atom. The molecule has 4 aliphatic heterocycles. The summed E-state index contributed by atoms with van der Waals surface area (Å²) in [5, 5.41) is 3.90. The Morgan fingerprint density at radius 3 is 2.50 bits per heavy atom. The van der Waals surface area contributed by atoms with Gasteiger partial charge >= 0.3 is 0 Å². The fourth-order valence-electron chi connectivity index (χ4n) is 3.99. The van der Waals surface area contributed by atoms with Crippen molar-refractivity contribution in [3.05, 3.63) is 0 Å². The molecule has 1 saturated carbocycles. The number of fused-ring (bicyclic) bond motifs is 2. The number of piperidine rings is 3. The largest absolute Gasteiger partial charge is 0.359 e. The molecule has 5 aliphatic rings. The summed E-state index contributed by atoms with van der Waals surface area (Å²) >= 11 is 0. The van der Waals surface area contributed by atoms with Crippen LogP contribution in [0.5, 0.6) is 0 Å². The Bertz CT molecular complexity index is 284. The first-order valence-corrected chi connectivity index (χ1v) is 7.00. The van der Waals surface area contributed by atoms with E-state index in [2.05, 4.69) is 10.2 Å². The van der Waals surface area contributed by atoms with Crippen molar-refractivity contribution < 1.29 is 4.74 Å². The number of rotatable bonds is 1. The highest BCUT2D eigenvalue weighted by Crippen LogP contribution is 2.42. The van der Waals surface area contributed by atoms with Crippen LogP contribution < -0.4 is 5.32 Å². The second-order valence-electron chi connectivity index (χ2n) is 6.17. The maximum Gasteiger partial charge on any atom is 0.135 e. The molecule has 4 heterocycles. The van der Waals surface area contributed by atoms with Crippen molar-refractivity contribution in [1.82, 2.24) is 10.2 Å². The van der Waals surface area contributed by atoms with Gasteiger partial charge in [0.15, 0.2) is 0 Å². The highest BCUT2D eigenvalue weighted by atomic mass is 16.5. The molecular weight excluding hydrogens is 200 g/mol. The molecule has 0 amide bonds. The van der Waals surface area contributed by atoms with Crippen molar-refractivity contribution in [3.8, 4) is 0 Å². The molecule has 1 N–H and O–H groups in total. The maximum atomic E-state index is 6.20. The van der Waals surface area contributed by atoms with Gasteiger partial charge in [0, 0.05) is 18.5 Å². The molecule has 5 rings (SSSR count). The van der Waals surface area contributed by atoms with Crippen LogP contribution in [-0.2, 0) is 4.74 Å². The molecule has 2 atom stereocenters. The summed E-state index contributed by atoms with van der Waals surface area (Å²) in [6, 6.07) is 0.759. The summed E-state index contributed by atoms with van der Waals surface area (Å²) in [6.07, 6.45) is 6.80. The van der Waals surface area contributed by atoms with E-state index in [9.17, 15) is 0 Å². The van der Waals surface area contributed by atoms with Gasteiger partial charge in [-0.25, -0.2) is 0 Å². The van der Waals surface area contributed by atoms with Gasteiger partial charge in [-0.15, -0.1) is 0 Å². The molecule has 2 unspecified atom stereocenters. The van der Waals surface area contributed by atoms with Crippen LogP contribution >= 0.6 is 0 Å². The molecule has 0 aromatic rings. The van der Waals surface area contributed by atoms with E-state index in [4.69, 9.17) is 4.74 Å². The Kier molecular flexibility index (Phi) is 2.12. The Hall–Kier alpha value is -0.120. The summed E-state index contributed by atoms with van der Waals surface area (Å²) in [5.74, 6) is 1.75. The Labute approximate surface area is 97.5 Å². The minimum Gasteiger partial charge on any atom is -0.359 e. The lowest BCUT2D eigenvalue weighted by atomic mass is 9.79. The van der Waals surface area contributed by atoms with Crippen molar-refractivity contribution in [2.45, 2.75) is 43.9 Å². The maximum absolute atomic E-state index is 6.20. The molecule has 0 aromatic heterocycles. The van der Waals surface area contributed by atoms with Gasteiger partial charge < -0.3 is 4.74 Å². The highest BCUT2D eigenvalue weighted by molar-refractivity contribution is 5.03. The zero-order valence-corrected chi connectivity index (χ0v) is 9.95. The van der Waals surface area contributed by atoms with Crippen molar-refractivity contribution in [1.29, 1.82) is 0 Å². The number of hydrogen-bond acceptors (Lipinski definition) is 3. The monoisotopic (exact) mass is 222 g/mol. The van der Waals surface area contributed by atoms with E-state index in [1.807, 2.05) is 0 Å². The third kappa shape index (κ3) is 1.45. The molecular formula is C13H22N2O. The minimum absolute atomic E-state index is 0.0437. The van der Waals surface area contributed by atoms with E-state index in [-0.39, 0.29) is 5.72 Å². The molecule has 1 spiro atoms. The summed E-state index contributed by atoms with van der Waals surface area (Å²) < 4.78 is 6.20. The van der Waals surface area contributed by atoms with Crippen LogP contribution in [0.3, 0.4) is 0 Å². The molecule has 16 heavy (non-hydrogen) atoms. The normalized spacial score (nSPS) is 52.1. The predicted molar refractivity (Wildman–Crippen MR) is 62.1 cm³/mol. The van der Waals surface area contributed by atoms with Crippen molar-refractivity contribution in [2.24, 2.45) is 11.8 Å². The van der Waals surface area contributed by atoms with E-state index < -0.39 is 0 Å². The van der Waals surface area contributed by atoms with E-state index in [0.717, 1.165) is 31.0 Å². The van der Waals surface area contributed by atoms with E-state index in [0.29, 0.717) is 0 Å². The first-order valence-electron chi connectivity index (χ1n) is 7.00. The summed E-state index contributed by atoms with van der Waals surface area (Å²) in [6.45, 7) is 4.72. The van der Waals surface area contributed by atoms with E-state index in [1.165, 1.54) is 45.2 Å². The average Bonchev–Trinajstić information content (AvgIpc) is 3.14. The van der Waals surface area contributed by atoms with Gasteiger partial charge in [-0.3, -0.25) is 10.2 Å². The second kappa shape index (κ2) is 3.44. The molecule has 90 valence electrons. The smallest absolute Gasteiger partial charge is 0.135 e.